The predicted octanol–water partition coefficient (Wildman–Crippen LogP) is 3.70. The molecule has 3 aromatic rings. The highest BCUT2D eigenvalue weighted by molar-refractivity contribution is 5.77. The molecule has 2 heterocycles. The Balaban J connectivity index is 1.85. The Morgan fingerprint density at radius 1 is 1.21 bits per heavy atom. The molecule has 0 fully saturated rings. The van der Waals surface area contributed by atoms with Gasteiger partial charge in [-0.3, -0.25) is 0 Å². The summed E-state index contributed by atoms with van der Waals surface area (Å²) in [7, 11) is 0. The first-order chi connectivity index (χ1) is 9.22. The van der Waals surface area contributed by atoms with Gasteiger partial charge in [0.2, 0.25) is 5.95 Å². The van der Waals surface area contributed by atoms with Gasteiger partial charge < -0.3 is 9.73 Å². The number of hydrogen-bond donors (Lipinski definition) is 1. The Bertz CT molecular complexity index is 672. The first-order valence-electron chi connectivity index (χ1n) is 6.27. The van der Waals surface area contributed by atoms with Gasteiger partial charge in [0.25, 0.3) is 0 Å². The summed E-state index contributed by atoms with van der Waals surface area (Å²) in [5.41, 5.74) is 1.84. The molecule has 0 saturated heterocycles. The van der Waals surface area contributed by atoms with Crippen LogP contribution in [0.2, 0.25) is 0 Å². The second-order valence-corrected chi connectivity index (χ2v) is 4.57. The number of nitrogens with zero attached hydrogens (tertiary/aromatic N) is 2. The number of anilines is 1. The van der Waals surface area contributed by atoms with Crippen molar-refractivity contribution in [2.75, 3.05) is 5.32 Å². The van der Waals surface area contributed by atoms with Gasteiger partial charge in [-0.05, 0) is 32.0 Å². The van der Waals surface area contributed by atoms with Gasteiger partial charge in [-0.15, -0.1) is 0 Å². The molecule has 0 bridgehead atoms. The summed E-state index contributed by atoms with van der Waals surface area (Å²) in [4.78, 5) is 8.52. The maximum Gasteiger partial charge on any atom is 0.223 e. The van der Waals surface area contributed by atoms with E-state index in [9.17, 15) is 0 Å². The maximum atomic E-state index is 5.81. The van der Waals surface area contributed by atoms with E-state index < -0.39 is 0 Å². The van der Waals surface area contributed by atoms with E-state index >= 15 is 0 Å². The molecule has 0 amide bonds. The molecule has 3 rings (SSSR count). The lowest BCUT2D eigenvalue weighted by Gasteiger charge is -2.10. The van der Waals surface area contributed by atoms with Crippen LogP contribution in [-0.4, -0.2) is 9.97 Å². The number of fused-ring (bicyclic) bond motifs is 1. The number of aryl methyl sites for hydroxylation is 1. The monoisotopic (exact) mass is 253 g/mol. The number of para-hydroxylation sites is 1. The van der Waals surface area contributed by atoms with E-state index in [1.165, 1.54) is 0 Å². The van der Waals surface area contributed by atoms with Gasteiger partial charge in [0, 0.05) is 17.3 Å². The zero-order valence-electron chi connectivity index (χ0n) is 10.9. The Morgan fingerprint density at radius 2 is 2.05 bits per heavy atom. The largest absolute Gasteiger partial charge is 0.459 e. The van der Waals surface area contributed by atoms with E-state index in [0.717, 1.165) is 22.4 Å². The molecular formula is C15H15N3O. The summed E-state index contributed by atoms with van der Waals surface area (Å²) in [5.74, 6) is 1.50. The topological polar surface area (TPSA) is 51.0 Å². The zero-order chi connectivity index (χ0) is 13.2. The van der Waals surface area contributed by atoms with Crippen molar-refractivity contribution in [3.8, 4) is 0 Å². The standard InChI is InChI=1S/C15H15N3O/c1-10-7-8-16-15(17-10)18-11(2)14-9-12-5-3-4-6-13(12)19-14/h3-9,11H,1-2H3,(H,16,17,18)/t11-/m1/s1. The van der Waals surface area contributed by atoms with Crippen LogP contribution in [0.4, 0.5) is 5.95 Å². The van der Waals surface area contributed by atoms with Crippen LogP contribution in [0.15, 0.2) is 47.0 Å². The molecule has 1 atom stereocenters. The molecule has 0 aliphatic heterocycles. The molecule has 2 aromatic heterocycles. The number of rotatable bonds is 3. The lowest BCUT2D eigenvalue weighted by atomic mass is 10.2. The van der Waals surface area contributed by atoms with Gasteiger partial charge in [-0.1, -0.05) is 18.2 Å². The average Bonchev–Trinajstić information content (AvgIpc) is 2.82. The second kappa shape index (κ2) is 4.72. The van der Waals surface area contributed by atoms with Crippen molar-refractivity contribution < 1.29 is 4.42 Å². The minimum absolute atomic E-state index is 0.0224. The highest BCUT2D eigenvalue weighted by Gasteiger charge is 2.12. The quantitative estimate of drug-likeness (QED) is 0.773. The minimum Gasteiger partial charge on any atom is -0.459 e. The Kier molecular flexibility index (Phi) is 2.91. The number of nitrogens with one attached hydrogen (secondary N) is 1. The first-order valence-corrected chi connectivity index (χ1v) is 6.27. The van der Waals surface area contributed by atoms with Crippen molar-refractivity contribution in [3.05, 3.63) is 54.0 Å². The maximum absolute atomic E-state index is 5.81. The molecule has 0 aliphatic rings. The van der Waals surface area contributed by atoms with Gasteiger partial charge >= 0.3 is 0 Å². The molecule has 1 aromatic carbocycles. The second-order valence-electron chi connectivity index (χ2n) is 4.57. The molecule has 1 N–H and O–H groups in total. The SMILES string of the molecule is Cc1ccnc(N[C@H](C)c2cc3ccccc3o2)n1. The van der Waals surface area contributed by atoms with E-state index in [1.54, 1.807) is 6.20 Å². The predicted molar refractivity (Wildman–Crippen MR) is 75.0 cm³/mol. The molecule has 4 nitrogen and oxygen atoms in total. The highest BCUT2D eigenvalue weighted by atomic mass is 16.3. The summed E-state index contributed by atoms with van der Waals surface area (Å²) >= 11 is 0. The summed E-state index contributed by atoms with van der Waals surface area (Å²) in [6.45, 7) is 3.97. The average molecular weight is 253 g/mol. The lowest BCUT2D eigenvalue weighted by molar-refractivity contribution is 0.525. The third-order valence-electron chi connectivity index (χ3n) is 3.01. The molecule has 0 unspecified atom stereocenters. The smallest absolute Gasteiger partial charge is 0.223 e. The van der Waals surface area contributed by atoms with Crippen LogP contribution in [0.1, 0.15) is 24.4 Å². The number of aromatic nitrogens is 2. The van der Waals surface area contributed by atoms with Crippen molar-refractivity contribution in [3.63, 3.8) is 0 Å². The van der Waals surface area contributed by atoms with E-state index in [-0.39, 0.29) is 6.04 Å². The van der Waals surface area contributed by atoms with Gasteiger partial charge in [0.05, 0.1) is 6.04 Å². The molecule has 0 radical (unpaired) electrons. The van der Waals surface area contributed by atoms with E-state index in [1.807, 2.05) is 50.2 Å². The van der Waals surface area contributed by atoms with E-state index in [0.29, 0.717) is 5.95 Å². The summed E-state index contributed by atoms with van der Waals surface area (Å²) in [5, 5.41) is 4.35. The Hall–Kier alpha value is -2.36. The molecule has 4 heteroatoms. The van der Waals surface area contributed by atoms with E-state index in [2.05, 4.69) is 15.3 Å². The highest BCUT2D eigenvalue weighted by Crippen LogP contribution is 2.25. The fourth-order valence-corrected chi connectivity index (χ4v) is 2.00. The van der Waals surface area contributed by atoms with Gasteiger partial charge in [-0.2, -0.15) is 0 Å². The van der Waals surface area contributed by atoms with Crippen LogP contribution < -0.4 is 5.32 Å². The van der Waals surface area contributed by atoms with Crippen molar-refractivity contribution >= 4 is 16.9 Å². The molecule has 96 valence electrons. The van der Waals surface area contributed by atoms with Gasteiger partial charge in [-0.25, -0.2) is 9.97 Å². The number of furan rings is 1. The van der Waals surface area contributed by atoms with Crippen molar-refractivity contribution in [2.24, 2.45) is 0 Å². The van der Waals surface area contributed by atoms with Crippen LogP contribution in [0.3, 0.4) is 0 Å². The lowest BCUT2D eigenvalue weighted by Crippen LogP contribution is -2.08. The fourth-order valence-electron chi connectivity index (χ4n) is 2.00. The number of benzene rings is 1. The summed E-state index contributed by atoms with van der Waals surface area (Å²) in [6, 6.07) is 11.9. The summed E-state index contributed by atoms with van der Waals surface area (Å²) in [6.07, 6.45) is 1.75. The molecule has 0 saturated carbocycles. The molecule has 19 heavy (non-hydrogen) atoms. The van der Waals surface area contributed by atoms with Crippen molar-refractivity contribution in [1.29, 1.82) is 0 Å². The summed E-state index contributed by atoms with van der Waals surface area (Å²) < 4.78 is 5.81. The third kappa shape index (κ3) is 2.42. The van der Waals surface area contributed by atoms with E-state index in [4.69, 9.17) is 4.42 Å². The first kappa shape index (κ1) is 11.7. The van der Waals surface area contributed by atoms with Gasteiger partial charge in [0.1, 0.15) is 11.3 Å². The van der Waals surface area contributed by atoms with Crippen LogP contribution in [0.5, 0.6) is 0 Å². The number of hydrogen-bond acceptors (Lipinski definition) is 4. The van der Waals surface area contributed by atoms with Gasteiger partial charge in [0.15, 0.2) is 0 Å². The van der Waals surface area contributed by atoms with Crippen LogP contribution >= 0.6 is 0 Å². The molecule has 0 aliphatic carbocycles. The van der Waals surface area contributed by atoms with Crippen molar-refractivity contribution in [2.45, 2.75) is 19.9 Å². The molecular weight excluding hydrogens is 238 g/mol. The van der Waals surface area contributed by atoms with Crippen LogP contribution in [0, 0.1) is 6.92 Å². The fraction of sp³-hybridized carbons (Fsp3) is 0.200. The zero-order valence-corrected chi connectivity index (χ0v) is 10.9. The van der Waals surface area contributed by atoms with Crippen LogP contribution in [0.25, 0.3) is 11.0 Å². The normalized spacial score (nSPS) is 12.5. The minimum atomic E-state index is 0.0224. The third-order valence-corrected chi connectivity index (χ3v) is 3.01. The molecule has 0 spiro atoms. The van der Waals surface area contributed by atoms with Crippen molar-refractivity contribution in [1.82, 2.24) is 9.97 Å². The Morgan fingerprint density at radius 3 is 2.84 bits per heavy atom. The Labute approximate surface area is 111 Å². The van der Waals surface area contributed by atoms with Crippen LogP contribution in [-0.2, 0) is 0 Å².